The summed E-state index contributed by atoms with van der Waals surface area (Å²) in [5, 5.41) is 10.2. The molecule has 3 saturated carbocycles. The Hall–Kier alpha value is -1.87. The predicted molar refractivity (Wildman–Crippen MR) is 119 cm³/mol. The van der Waals surface area contributed by atoms with Crippen LogP contribution in [0.5, 0.6) is 5.75 Å². The first kappa shape index (κ1) is 20.1. The van der Waals surface area contributed by atoms with Crippen LogP contribution in [0.2, 0.25) is 0 Å². The summed E-state index contributed by atoms with van der Waals surface area (Å²) in [6.07, 6.45) is 11.4. The molecule has 0 radical (unpaired) electrons. The second-order valence-corrected chi connectivity index (χ2v) is 10.6. The number of Topliss-reactive ketones (excluding diaryl/α,β-unsaturated/α-hetero) is 1. The number of hydrogen-bond acceptors (Lipinski definition) is 3. The first-order valence-electron chi connectivity index (χ1n) is 11.6. The molecule has 5 rings (SSSR count). The molecule has 6 atom stereocenters. The minimum Gasteiger partial charge on any atom is -0.497 e. The summed E-state index contributed by atoms with van der Waals surface area (Å²) in [7, 11) is 1.67. The SMILES string of the molecule is COc1ccc(/C=C2\C[C@H]3[C@@H]4CC=C5C[C@@H](O)CC[C@@]5(C)[C@@H]4CC[C@@]3(C)C2=O)cc1. The Morgan fingerprint density at radius 3 is 2.50 bits per heavy atom. The van der Waals surface area contributed by atoms with Crippen molar-refractivity contribution >= 4 is 11.9 Å². The summed E-state index contributed by atoms with van der Waals surface area (Å²) in [5.74, 6) is 2.89. The maximum Gasteiger partial charge on any atom is 0.165 e. The zero-order chi connectivity index (χ0) is 21.1. The van der Waals surface area contributed by atoms with Gasteiger partial charge in [-0.15, -0.1) is 0 Å². The van der Waals surface area contributed by atoms with E-state index in [4.69, 9.17) is 4.74 Å². The van der Waals surface area contributed by atoms with Gasteiger partial charge in [0.05, 0.1) is 13.2 Å². The highest BCUT2D eigenvalue weighted by atomic mass is 16.5. The Morgan fingerprint density at radius 1 is 1.03 bits per heavy atom. The number of rotatable bonds is 2. The smallest absolute Gasteiger partial charge is 0.165 e. The first-order chi connectivity index (χ1) is 14.3. The minimum atomic E-state index is -0.213. The lowest BCUT2D eigenvalue weighted by molar-refractivity contribution is -0.130. The first-order valence-corrected chi connectivity index (χ1v) is 11.6. The second-order valence-electron chi connectivity index (χ2n) is 10.6. The number of aliphatic hydroxyl groups is 1. The molecular weight excluding hydrogens is 372 g/mol. The summed E-state index contributed by atoms with van der Waals surface area (Å²) >= 11 is 0. The van der Waals surface area contributed by atoms with Gasteiger partial charge in [0.15, 0.2) is 5.78 Å². The van der Waals surface area contributed by atoms with Crippen LogP contribution in [-0.2, 0) is 4.79 Å². The molecule has 0 bridgehead atoms. The van der Waals surface area contributed by atoms with Gasteiger partial charge in [-0.2, -0.15) is 0 Å². The van der Waals surface area contributed by atoms with E-state index in [2.05, 4.69) is 26.0 Å². The van der Waals surface area contributed by atoms with E-state index < -0.39 is 0 Å². The molecule has 30 heavy (non-hydrogen) atoms. The van der Waals surface area contributed by atoms with Gasteiger partial charge < -0.3 is 9.84 Å². The van der Waals surface area contributed by atoms with Gasteiger partial charge in [0.25, 0.3) is 0 Å². The Morgan fingerprint density at radius 2 is 1.77 bits per heavy atom. The Kier molecular flexibility index (Phi) is 4.74. The van der Waals surface area contributed by atoms with Crippen LogP contribution in [-0.4, -0.2) is 24.1 Å². The van der Waals surface area contributed by atoms with E-state index in [1.165, 1.54) is 5.57 Å². The van der Waals surface area contributed by atoms with Crippen LogP contribution in [0.25, 0.3) is 6.08 Å². The number of aliphatic hydroxyl groups excluding tert-OH is 1. The van der Waals surface area contributed by atoms with Gasteiger partial charge >= 0.3 is 0 Å². The number of allylic oxidation sites excluding steroid dienone is 2. The zero-order valence-electron chi connectivity index (χ0n) is 18.5. The summed E-state index contributed by atoms with van der Waals surface area (Å²) in [6.45, 7) is 4.67. The lowest BCUT2D eigenvalue weighted by Crippen LogP contribution is -2.50. The molecule has 0 aliphatic heterocycles. The van der Waals surface area contributed by atoms with Crippen LogP contribution in [0.4, 0.5) is 0 Å². The number of carbonyl (C=O) groups excluding carboxylic acids is 1. The molecule has 0 spiro atoms. The van der Waals surface area contributed by atoms with E-state index in [9.17, 15) is 9.90 Å². The van der Waals surface area contributed by atoms with Crippen molar-refractivity contribution in [2.75, 3.05) is 7.11 Å². The standard InChI is InChI=1S/C27H34O3/c1-26-12-10-20(28)16-19(26)6-9-22-23(26)11-13-27(2)24(22)15-18(25(27)29)14-17-4-7-21(30-3)8-5-17/h4-8,14,20,22-24,28H,9-13,15-16H2,1-3H3/b18-14+/t20-,22+,23+,24-,26+,27+/m0/s1. The number of hydrogen-bond donors (Lipinski definition) is 1. The maximum absolute atomic E-state index is 13.5. The molecule has 1 N–H and O–H groups in total. The zero-order valence-corrected chi connectivity index (χ0v) is 18.5. The lowest BCUT2D eigenvalue weighted by atomic mass is 9.48. The molecule has 3 nitrogen and oxygen atoms in total. The number of carbonyl (C=O) groups is 1. The largest absolute Gasteiger partial charge is 0.497 e. The highest BCUT2D eigenvalue weighted by molar-refractivity contribution is 6.05. The van der Waals surface area contributed by atoms with Gasteiger partial charge in [0, 0.05) is 5.41 Å². The highest BCUT2D eigenvalue weighted by Crippen LogP contribution is 2.64. The number of ketones is 1. The summed E-state index contributed by atoms with van der Waals surface area (Å²) in [6, 6.07) is 8.00. The molecule has 3 heteroatoms. The maximum atomic E-state index is 13.5. The Labute approximate surface area is 180 Å². The van der Waals surface area contributed by atoms with Crippen molar-refractivity contribution in [3.8, 4) is 5.75 Å². The van der Waals surface area contributed by atoms with Gasteiger partial charge in [0.2, 0.25) is 0 Å². The van der Waals surface area contributed by atoms with Crippen LogP contribution in [0, 0.1) is 28.6 Å². The van der Waals surface area contributed by atoms with Crippen molar-refractivity contribution in [1.29, 1.82) is 0 Å². The van der Waals surface area contributed by atoms with Crippen LogP contribution in [0.1, 0.15) is 64.4 Å². The van der Waals surface area contributed by atoms with Gasteiger partial charge in [-0.3, -0.25) is 4.79 Å². The van der Waals surface area contributed by atoms with Gasteiger partial charge in [-0.25, -0.2) is 0 Å². The third-order valence-electron chi connectivity index (χ3n) is 9.17. The van der Waals surface area contributed by atoms with Crippen molar-refractivity contribution in [3.05, 3.63) is 47.1 Å². The quantitative estimate of drug-likeness (QED) is 0.515. The summed E-state index contributed by atoms with van der Waals surface area (Å²) in [4.78, 5) is 13.5. The molecule has 4 aliphatic carbocycles. The van der Waals surface area contributed by atoms with Crippen LogP contribution in [0.3, 0.4) is 0 Å². The molecule has 0 unspecified atom stereocenters. The minimum absolute atomic E-state index is 0.165. The van der Waals surface area contributed by atoms with Crippen LogP contribution in [0.15, 0.2) is 41.5 Å². The molecule has 0 aromatic heterocycles. The molecular formula is C27H34O3. The molecule has 160 valence electrons. The third kappa shape index (κ3) is 2.92. The fraction of sp³-hybridized carbons (Fsp3) is 0.593. The predicted octanol–water partition coefficient (Wildman–Crippen LogP) is 5.58. The average molecular weight is 407 g/mol. The number of ether oxygens (including phenoxy) is 1. The monoisotopic (exact) mass is 406 g/mol. The molecule has 3 fully saturated rings. The fourth-order valence-corrected chi connectivity index (χ4v) is 7.34. The number of fused-ring (bicyclic) bond motifs is 5. The highest BCUT2D eigenvalue weighted by Gasteiger charge is 2.59. The average Bonchev–Trinajstić information content (AvgIpc) is 3.00. The van der Waals surface area contributed by atoms with Crippen molar-refractivity contribution in [2.24, 2.45) is 28.6 Å². The molecule has 0 saturated heterocycles. The Balaban J connectivity index is 1.45. The van der Waals surface area contributed by atoms with E-state index in [1.807, 2.05) is 24.3 Å². The second kappa shape index (κ2) is 7.09. The molecule has 1 aromatic rings. The van der Waals surface area contributed by atoms with Gasteiger partial charge in [-0.05, 0) is 97.5 Å². The summed E-state index contributed by atoms with van der Waals surface area (Å²) in [5.41, 5.74) is 3.58. The van der Waals surface area contributed by atoms with Crippen molar-refractivity contribution < 1.29 is 14.6 Å². The van der Waals surface area contributed by atoms with Gasteiger partial charge in [0.1, 0.15) is 5.75 Å². The van der Waals surface area contributed by atoms with E-state index in [0.29, 0.717) is 23.5 Å². The Bertz CT molecular complexity index is 911. The van der Waals surface area contributed by atoms with Gasteiger partial charge in [-0.1, -0.05) is 37.6 Å². The fourth-order valence-electron chi connectivity index (χ4n) is 7.34. The van der Waals surface area contributed by atoms with Crippen molar-refractivity contribution in [3.63, 3.8) is 0 Å². The van der Waals surface area contributed by atoms with Crippen molar-refractivity contribution in [1.82, 2.24) is 0 Å². The van der Waals surface area contributed by atoms with E-state index in [-0.39, 0.29) is 16.9 Å². The molecule has 0 amide bonds. The van der Waals surface area contributed by atoms with E-state index >= 15 is 0 Å². The van der Waals surface area contributed by atoms with E-state index in [1.54, 1.807) is 7.11 Å². The van der Waals surface area contributed by atoms with Crippen molar-refractivity contribution in [2.45, 2.75) is 64.9 Å². The normalized spacial score (nSPS) is 41.7. The van der Waals surface area contributed by atoms with Crippen LogP contribution >= 0.6 is 0 Å². The molecule has 1 aromatic carbocycles. The molecule has 4 aliphatic rings. The van der Waals surface area contributed by atoms with E-state index in [0.717, 1.165) is 61.8 Å². The third-order valence-corrected chi connectivity index (χ3v) is 9.17. The van der Waals surface area contributed by atoms with Crippen LogP contribution < -0.4 is 4.74 Å². The lowest BCUT2D eigenvalue weighted by Gasteiger charge is -2.56. The number of methoxy groups -OCH3 is 1. The molecule has 0 heterocycles. The topological polar surface area (TPSA) is 46.5 Å². The number of benzene rings is 1. The summed E-state index contributed by atoms with van der Waals surface area (Å²) < 4.78 is 5.26.